The Morgan fingerprint density at radius 2 is 1.88 bits per heavy atom. The third kappa shape index (κ3) is 3.42. The van der Waals surface area contributed by atoms with Crippen molar-refractivity contribution < 1.29 is 30.8 Å². The van der Waals surface area contributed by atoms with Gasteiger partial charge in [-0.15, -0.1) is 0 Å². The smallest absolute Gasteiger partial charge is 0.368 e. The molecule has 130 valence electrons. The summed E-state index contributed by atoms with van der Waals surface area (Å²) in [6.45, 7) is -0.449. The number of hydrogen-bond acceptors (Lipinski definition) is 6. The zero-order valence-corrected chi connectivity index (χ0v) is 12.8. The highest BCUT2D eigenvalue weighted by Gasteiger charge is 2.46. The summed E-state index contributed by atoms with van der Waals surface area (Å²) in [5, 5.41) is 8.68. The Kier molecular flexibility index (Phi) is 4.10. The van der Waals surface area contributed by atoms with Crippen molar-refractivity contribution in [1.29, 1.82) is 0 Å². The molecular formula is C13H12F3N3O4S. The minimum Gasteiger partial charge on any atom is -0.368 e. The molecule has 1 saturated heterocycles. The standard InChI is InChI=1S/C13H12F3N3O4S/c14-13(15,16)8-5-10(22-6-8)12-18-11(19-23-12)7-1-3-9(4-2-7)24(17,20)21/h1-4,8,10H,5-6H2,(H2,17,20,21). The monoisotopic (exact) mass is 363 g/mol. The Morgan fingerprint density at radius 1 is 1.21 bits per heavy atom. The van der Waals surface area contributed by atoms with E-state index in [0.29, 0.717) is 5.56 Å². The summed E-state index contributed by atoms with van der Waals surface area (Å²) in [6.07, 6.45) is -5.53. The Morgan fingerprint density at radius 3 is 2.42 bits per heavy atom. The molecule has 7 nitrogen and oxygen atoms in total. The van der Waals surface area contributed by atoms with E-state index in [-0.39, 0.29) is 23.0 Å². The van der Waals surface area contributed by atoms with Gasteiger partial charge in [0, 0.05) is 5.56 Å². The number of alkyl halides is 3. The van der Waals surface area contributed by atoms with E-state index < -0.39 is 34.8 Å². The number of halogens is 3. The van der Waals surface area contributed by atoms with Gasteiger partial charge in [0.2, 0.25) is 15.8 Å². The normalized spacial score (nSPS) is 22.0. The summed E-state index contributed by atoms with van der Waals surface area (Å²) < 4.78 is 70.4. The SMILES string of the molecule is NS(=O)(=O)c1ccc(-c2noc(C3CC(C(F)(F)F)CO3)n2)cc1. The number of nitrogens with two attached hydrogens (primary N) is 1. The summed E-state index contributed by atoms with van der Waals surface area (Å²) in [6, 6.07) is 5.38. The van der Waals surface area contributed by atoms with Gasteiger partial charge in [0.25, 0.3) is 5.89 Å². The molecule has 11 heteroatoms. The van der Waals surface area contributed by atoms with Crippen LogP contribution in [0.25, 0.3) is 11.4 Å². The molecule has 0 spiro atoms. The Balaban J connectivity index is 1.77. The maximum absolute atomic E-state index is 12.6. The number of nitrogens with zero attached hydrogens (tertiary/aromatic N) is 2. The highest BCUT2D eigenvalue weighted by molar-refractivity contribution is 7.89. The van der Waals surface area contributed by atoms with Crippen molar-refractivity contribution in [3.05, 3.63) is 30.2 Å². The maximum atomic E-state index is 12.6. The van der Waals surface area contributed by atoms with Crippen LogP contribution in [0.5, 0.6) is 0 Å². The molecule has 0 saturated carbocycles. The topological polar surface area (TPSA) is 108 Å². The third-order valence-corrected chi connectivity index (χ3v) is 4.55. The lowest BCUT2D eigenvalue weighted by Gasteiger charge is -2.11. The number of ether oxygens (including phenoxy) is 1. The van der Waals surface area contributed by atoms with E-state index in [1.165, 1.54) is 24.3 Å². The van der Waals surface area contributed by atoms with Gasteiger partial charge in [-0.2, -0.15) is 18.2 Å². The molecule has 1 fully saturated rings. The predicted octanol–water partition coefficient (Wildman–Crippen LogP) is 2.02. The third-order valence-electron chi connectivity index (χ3n) is 3.62. The van der Waals surface area contributed by atoms with Crippen molar-refractivity contribution >= 4 is 10.0 Å². The first kappa shape index (κ1) is 16.9. The zero-order chi connectivity index (χ0) is 17.5. The molecule has 0 radical (unpaired) electrons. The fourth-order valence-corrected chi connectivity index (χ4v) is 2.82. The largest absolute Gasteiger partial charge is 0.394 e. The van der Waals surface area contributed by atoms with Crippen LogP contribution in [0, 0.1) is 5.92 Å². The second kappa shape index (κ2) is 5.83. The van der Waals surface area contributed by atoms with E-state index in [1.54, 1.807) is 0 Å². The van der Waals surface area contributed by atoms with Crippen LogP contribution in [0.1, 0.15) is 18.4 Å². The Bertz CT molecular complexity index is 833. The lowest BCUT2D eigenvalue weighted by molar-refractivity contribution is -0.173. The van der Waals surface area contributed by atoms with Crippen LogP contribution in [0.4, 0.5) is 13.2 Å². The van der Waals surface area contributed by atoms with Crippen LogP contribution >= 0.6 is 0 Å². The van der Waals surface area contributed by atoms with Crippen LogP contribution in [-0.2, 0) is 14.8 Å². The van der Waals surface area contributed by atoms with Crippen molar-refractivity contribution in [3.63, 3.8) is 0 Å². The van der Waals surface area contributed by atoms with E-state index >= 15 is 0 Å². The Hall–Kier alpha value is -1.98. The van der Waals surface area contributed by atoms with Crippen molar-refractivity contribution in [2.24, 2.45) is 11.1 Å². The summed E-state index contributed by atoms with van der Waals surface area (Å²) in [5.74, 6) is -1.50. The van der Waals surface area contributed by atoms with Crippen LogP contribution in [0.15, 0.2) is 33.7 Å². The van der Waals surface area contributed by atoms with Gasteiger partial charge in [0.05, 0.1) is 17.4 Å². The van der Waals surface area contributed by atoms with Gasteiger partial charge in [0.1, 0.15) is 6.10 Å². The first-order valence-electron chi connectivity index (χ1n) is 6.80. The van der Waals surface area contributed by atoms with Crippen molar-refractivity contribution in [2.75, 3.05) is 6.61 Å². The molecule has 0 aliphatic carbocycles. The number of sulfonamides is 1. The second-order valence-electron chi connectivity index (χ2n) is 5.32. The minimum atomic E-state index is -4.33. The van der Waals surface area contributed by atoms with Gasteiger partial charge in [-0.1, -0.05) is 5.16 Å². The highest BCUT2D eigenvalue weighted by atomic mass is 32.2. The van der Waals surface area contributed by atoms with Gasteiger partial charge in [-0.3, -0.25) is 0 Å². The number of primary sulfonamides is 1. The summed E-state index contributed by atoms with van der Waals surface area (Å²) >= 11 is 0. The van der Waals surface area contributed by atoms with Gasteiger partial charge in [-0.25, -0.2) is 13.6 Å². The molecule has 1 aliphatic rings. The lowest BCUT2D eigenvalue weighted by atomic mass is 10.1. The average molecular weight is 363 g/mol. The van der Waals surface area contributed by atoms with E-state index in [0.717, 1.165) is 0 Å². The zero-order valence-electron chi connectivity index (χ0n) is 12.0. The van der Waals surface area contributed by atoms with Crippen molar-refractivity contribution in [3.8, 4) is 11.4 Å². The van der Waals surface area contributed by atoms with Crippen LogP contribution in [-0.4, -0.2) is 31.3 Å². The van der Waals surface area contributed by atoms with Gasteiger partial charge < -0.3 is 9.26 Å². The number of benzene rings is 1. The maximum Gasteiger partial charge on any atom is 0.394 e. The first-order valence-corrected chi connectivity index (χ1v) is 8.34. The lowest BCUT2D eigenvalue weighted by Crippen LogP contribution is -2.22. The molecule has 1 aliphatic heterocycles. The van der Waals surface area contributed by atoms with Crippen LogP contribution < -0.4 is 5.14 Å². The second-order valence-corrected chi connectivity index (χ2v) is 6.88. The molecule has 2 heterocycles. The molecule has 2 N–H and O–H groups in total. The van der Waals surface area contributed by atoms with Gasteiger partial charge in [-0.05, 0) is 30.7 Å². The van der Waals surface area contributed by atoms with Gasteiger partial charge in [0.15, 0.2) is 0 Å². The van der Waals surface area contributed by atoms with Crippen LogP contribution in [0.2, 0.25) is 0 Å². The van der Waals surface area contributed by atoms with Crippen LogP contribution in [0.3, 0.4) is 0 Å². The molecular weight excluding hydrogens is 351 g/mol. The molecule has 0 bridgehead atoms. The Labute approximate surface area is 134 Å². The molecule has 2 unspecified atom stereocenters. The first-order chi connectivity index (χ1) is 11.1. The fraction of sp³-hybridized carbons (Fsp3) is 0.385. The van der Waals surface area contributed by atoms with E-state index in [9.17, 15) is 21.6 Å². The number of aromatic nitrogens is 2. The molecule has 1 aromatic heterocycles. The number of rotatable bonds is 3. The quantitative estimate of drug-likeness (QED) is 0.894. The molecule has 2 aromatic rings. The predicted molar refractivity (Wildman–Crippen MR) is 74.0 cm³/mol. The number of hydrogen-bond donors (Lipinski definition) is 1. The van der Waals surface area contributed by atoms with Crippen molar-refractivity contribution in [1.82, 2.24) is 10.1 Å². The fourth-order valence-electron chi connectivity index (χ4n) is 2.30. The van der Waals surface area contributed by atoms with E-state index in [4.69, 9.17) is 14.4 Å². The summed E-state index contributed by atoms with van der Waals surface area (Å²) in [5.41, 5.74) is 0.433. The summed E-state index contributed by atoms with van der Waals surface area (Å²) in [4.78, 5) is 3.94. The minimum absolute atomic E-state index is 0.0488. The summed E-state index contributed by atoms with van der Waals surface area (Å²) in [7, 11) is -3.82. The molecule has 24 heavy (non-hydrogen) atoms. The van der Waals surface area contributed by atoms with E-state index in [1.807, 2.05) is 0 Å². The van der Waals surface area contributed by atoms with Gasteiger partial charge >= 0.3 is 6.18 Å². The molecule has 1 aromatic carbocycles. The molecule has 2 atom stereocenters. The van der Waals surface area contributed by atoms with E-state index in [2.05, 4.69) is 10.1 Å². The molecule has 3 rings (SSSR count). The van der Waals surface area contributed by atoms with Crippen molar-refractivity contribution in [2.45, 2.75) is 23.6 Å². The average Bonchev–Trinajstić information content (AvgIpc) is 3.15. The highest BCUT2D eigenvalue weighted by Crippen LogP contribution is 2.40. The molecule has 0 amide bonds.